The fraction of sp³-hybridized carbons (Fsp3) is 0.444. The minimum atomic E-state index is -0.713. The first-order valence-electron chi connectivity index (χ1n) is 8.60. The minimum Gasteiger partial charge on any atom is -0.472 e. The van der Waals surface area contributed by atoms with Crippen LogP contribution in [0.3, 0.4) is 0 Å². The summed E-state index contributed by atoms with van der Waals surface area (Å²) in [6, 6.07) is 3.14. The molecule has 146 valence electrons. The van der Waals surface area contributed by atoms with Crippen molar-refractivity contribution in [3.63, 3.8) is 0 Å². The highest BCUT2D eigenvalue weighted by Gasteiger charge is 2.23. The van der Waals surface area contributed by atoms with Crippen molar-refractivity contribution < 1.29 is 18.3 Å². The highest BCUT2D eigenvalue weighted by atomic mass is 79.9. The third-order valence-corrected chi connectivity index (χ3v) is 4.88. The first-order chi connectivity index (χ1) is 12.9. The summed E-state index contributed by atoms with van der Waals surface area (Å²) in [5.41, 5.74) is -0.109. The highest BCUT2D eigenvalue weighted by Crippen LogP contribution is 2.26. The Balaban J connectivity index is 1.95. The summed E-state index contributed by atoms with van der Waals surface area (Å²) in [6.07, 6.45) is 0. The molecule has 0 unspecified atom stereocenters. The summed E-state index contributed by atoms with van der Waals surface area (Å²) >= 11 is 3.24. The van der Waals surface area contributed by atoms with E-state index in [-0.39, 0.29) is 34.1 Å². The molecule has 1 aromatic heterocycles. The lowest BCUT2D eigenvalue weighted by molar-refractivity contribution is 0.121. The van der Waals surface area contributed by atoms with Crippen molar-refractivity contribution >= 4 is 21.9 Å². The molecule has 1 aromatic carbocycles. The first-order valence-corrected chi connectivity index (χ1v) is 9.39. The first kappa shape index (κ1) is 19.8. The molecular weight excluding hydrogens is 424 g/mol. The lowest BCUT2D eigenvalue weighted by Gasteiger charge is -2.31. The normalized spacial score (nSPS) is 14.7. The fourth-order valence-electron chi connectivity index (χ4n) is 2.81. The molecule has 9 heteroatoms. The molecule has 2 aromatic rings. The lowest BCUT2D eigenvalue weighted by atomic mass is 10.2. The number of aromatic nitrogens is 2. The number of morpholine rings is 1. The zero-order chi connectivity index (χ0) is 19.6. The quantitative estimate of drug-likeness (QED) is 0.709. The van der Waals surface area contributed by atoms with E-state index in [1.165, 1.54) is 6.07 Å². The lowest BCUT2D eigenvalue weighted by Crippen LogP contribution is -2.41. The second kappa shape index (κ2) is 8.35. The summed E-state index contributed by atoms with van der Waals surface area (Å²) in [5, 5.41) is 0. The van der Waals surface area contributed by atoms with Crippen LogP contribution in [0.25, 0.3) is 0 Å². The highest BCUT2D eigenvalue weighted by molar-refractivity contribution is 9.10. The molecule has 0 N–H and O–H groups in total. The van der Waals surface area contributed by atoms with Crippen LogP contribution in [0.5, 0.6) is 5.88 Å². The van der Waals surface area contributed by atoms with Crippen LogP contribution in [0.15, 0.2) is 27.5 Å². The zero-order valence-electron chi connectivity index (χ0n) is 15.0. The molecule has 1 saturated heterocycles. The Morgan fingerprint density at radius 2 is 2.00 bits per heavy atom. The molecule has 0 atom stereocenters. The largest absolute Gasteiger partial charge is 0.472 e. The molecule has 0 aliphatic carbocycles. The maximum Gasteiger partial charge on any atom is 0.273 e. The maximum atomic E-state index is 13.8. The third-order valence-electron chi connectivity index (χ3n) is 4.20. The van der Waals surface area contributed by atoms with Gasteiger partial charge in [0, 0.05) is 30.8 Å². The van der Waals surface area contributed by atoms with Gasteiger partial charge in [-0.2, -0.15) is 4.98 Å². The second-order valence-electron chi connectivity index (χ2n) is 6.42. The van der Waals surface area contributed by atoms with Crippen LogP contribution < -0.4 is 15.2 Å². The van der Waals surface area contributed by atoms with Gasteiger partial charge in [-0.1, -0.05) is 0 Å². The SMILES string of the molecule is CC(C)n1c(N2CCOCC2)nc(OCc2ccc(F)cc2F)c(Br)c1=O. The molecule has 6 nitrogen and oxygen atoms in total. The van der Waals surface area contributed by atoms with Gasteiger partial charge < -0.3 is 14.4 Å². The topological polar surface area (TPSA) is 56.6 Å². The van der Waals surface area contributed by atoms with Gasteiger partial charge in [0.05, 0.1) is 13.2 Å². The van der Waals surface area contributed by atoms with E-state index >= 15 is 0 Å². The maximum absolute atomic E-state index is 13.8. The van der Waals surface area contributed by atoms with Crippen LogP contribution in [-0.4, -0.2) is 35.9 Å². The van der Waals surface area contributed by atoms with Crippen LogP contribution in [-0.2, 0) is 11.3 Å². The van der Waals surface area contributed by atoms with Gasteiger partial charge in [0.15, 0.2) is 0 Å². The Morgan fingerprint density at radius 1 is 1.30 bits per heavy atom. The number of halogens is 3. The van der Waals surface area contributed by atoms with Crippen molar-refractivity contribution in [1.82, 2.24) is 9.55 Å². The third kappa shape index (κ3) is 4.30. The summed E-state index contributed by atoms with van der Waals surface area (Å²) < 4.78 is 39.6. The van der Waals surface area contributed by atoms with E-state index in [1.54, 1.807) is 4.57 Å². The molecule has 0 spiro atoms. The summed E-state index contributed by atoms with van der Waals surface area (Å²) in [5.74, 6) is -0.821. The van der Waals surface area contributed by atoms with E-state index in [0.29, 0.717) is 32.3 Å². The number of ether oxygens (including phenoxy) is 2. The Kier molecular flexibility index (Phi) is 6.11. The smallest absolute Gasteiger partial charge is 0.273 e. The van der Waals surface area contributed by atoms with Crippen molar-refractivity contribution in [3.8, 4) is 5.88 Å². The molecular formula is C18H20BrF2N3O3. The van der Waals surface area contributed by atoms with Crippen molar-refractivity contribution in [2.45, 2.75) is 26.5 Å². The molecule has 3 rings (SSSR count). The second-order valence-corrected chi connectivity index (χ2v) is 7.22. The van der Waals surface area contributed by atoms with Gasteiger partial charge in [-0.05, 0) is 41.9 Å². The fourth-order valence-corrected chi connectivity index (χ4v) is 3.21. The molecule has 0 bridgehead atoms. The number of rotatable bonds is 5. The Labute approximate surface area is 163 Å². The minimum absolute atomic E-state index is 0.0714. The van der Waals surface area contributed by atoms with E-state index in [2.05, 4.69) is 20.9 Å². The van der Waals surface area contributed by atoms with E-state index in [1.807, 2.05) is 18.7 Å². The molecule has 2 heterocycles. The van der Waals surface area contributed by atoms with Crippen molar-refractivity contribution in [3.05, 3.63) is 50.2 Å². The predicted octanol–water partition coefficient (Wildman–Crippen LogP) is 3.28. The number of nitrogens with zero attached hydrogens (tertiary/aromatic N) is 3. The average Bonchev–Trinajstić information content (AvgIpc) is 2.64. The van der Waals surface area contributed by atoms with Crippen molar-refractivity contribution in [2.75, 3.05) is 31.2 Å². The standard InChI is InChI=1S/C18H20BrF2N3O3/c1-11(2)24-17(25)15(19)16(22-18(24)23-5-7-26-8-6-23)27-10-12-3-4-13(20)9-14(12)21/h3-4,9,11H,5-8,10H2,1-2H3. The van der Waals surface area contributed by atoms with E-state index in [4.69, 9.17) is 9.47 Å². The Bertz CT molecular complexity index is 883. The van der Waals surface area contributed by atoms with E-state index in [0.717, 1.165) is 12.1 Å². The summed E-state index contributed by atoms with van der Waals surface area (Å²) in [4.78, 5) is 19.3. The molecule has 1 aliphatic heterocycles. The molecule has 1 fully saturated rings. The van der Waals surface area contributed by atoms with Gasteiger partial charge in [0.2, 0.25) is 11.8 Å². The summed E-state index contributed by atoms with van der Waals surface area (Å²) in [6.45, 7) is 5.91. The van der Waals surface area contributed by atoms with E-state index < -0.39 is 11.6 Å². The van der Waals surface area contributed by atoms with Crippen molar-refractivity contribution in [1.29, 1.82) is 0 Å². The van der Waals surface area contributed by atoms with Gasteiger partial charge in [0.25, 0.3) is 5.56 Å². The number of hydrogen-bond acceptors (Lipinski definition) is 5. The van der Waals surface area contributed by atoms with Crippen LogP contribution in [0, 0.1) is 11.6 Å². The van der Waals surface area contributed by atoms with Gasteiger partial charge in [-0.25, -0.2) is 8.78 Å². The zero-order valence-corrected chi connectivity index (χ0v) is 16.6. The van der Waals surface area contributed by atoms with Crippen LogP contribution >= 0.6 is 15.9 Å². The van der Waals surface area contributed by atoms with Gasteiger partial charge in [-0.3, -0.25) is 9.36 Å². The molecule has 0 saturated carbocycles. The van der Waals surface area contributed by atoms with Crippen LogP contribution in [0.1, 0.15) is 25.5 Å². The van der Waals surface area contributed by atoms with Gasteiger partial charge in [-0.15, -0.1) is 0 Å². The molecule has 0 radical (unpaired) electrons. The van der Waals surface area contributed by atoms with Crippen LogP contribution in [0.2, 0.25) is 0 Å². The summed E-state index contributed by atoms with van der Waals surface area (Å²) in [7, 11) is 0. The number of hydrogen-bond donors (Lipinski definition) is 0. The van der Waals surface area contributed by atoms with Gasteiger partial charge in [0.1, 0.15) is 22.7 Å². The van der Waals surface area contributed by atoms with Crippen molar-refractivity contribution in [2.24, 2.45) is 0 Å². The van der Waals surface area contributed by atoms with E-state index in [9.17, 15) is 13.6 Å². The average molecular weight is 444 g/mol. The number of benzene rings is 1. The molecule has 27 heavy (non-hydrogen) atoms. The van der Waals surface area contributed by atoms with Crippen LogP contribution in [0.4, 0.5) is 14.7 Å². The molecule has 1 aliphatic rings. The molecule has 0 amide bonds. The Hall–Kier alpha value is -2.00. The monoisotopic (exact) mass is 443 g/mol. The number of anilines is 1. The van der Waals surface area contributed by atoms with Gasteiger partial charge >= 0.3 is 0 Å². The Morgan fingerprint density at radius 3 is 2.63 bits per heavy atom. The predicted molar refractivity (Wildman–Crippen MR) is 100 cm³/mol.